The number of hydrogen-bond acceptors (Lipinski definition) is 6. The largest absolute Gasteiger partial charge is 0.750 e. The third-order valence-electron chi connectivity index (χ3n) is 0.893. The fourth-order valence-electron chi connectivity index (χ4n) is 0.470. The van der Waals surface area contributed by atoms with Crippen molar-refractivity contribution in [1.29, 1.82) is 0 Å². The van der Waals surface area contributed by atoms with Gasteiger partial charge in [0, 0.05) is 9.13 Å². The second-order valence-corrected chi connectivity index (χ2v) is 3.22. The van der Waals surface area contributed by atoms with Crippen LogP contribution in [0, 0.1) is 0 Å². The van der Waals surface area contributed by atoms with Crippen LogP contribution in [0.15, 0.2) is 0 Å². The second kappa shape index (κ2) is 6.50. The van der Waals surface area contributed by atoms with Crippen molar-refractivity contribution in [2.24, 2.45) is 0 Å². The first-order chi connectivity index (χ1) is 6.41. The van der Waals surface area contributed by atoms with Crippen molar-refractivity contribution in [3.8, 4) is 0 Å². The first-order valence-corrected chi connectivity index (χ1v) is 5.41. The van der Waals surface area contributed by atoms with E-state index in [2.05, 4.69) is 9.05 Å². The molecule has 0 rings (SSSR count). The van der Waals surface area contributed by atoms with E-state index in [0.29, 0.717) is 0 Å². The Morgan fingerprint density at radius 1 is 0.929 bits per heavy atom. The van der Waals surface area contributed by atoms with Crippen LogP contribution in [0.3, 0.4) is 0 Å². The van der Waals surface area contributed by atoms with E-state index in [0.717, 1.165) is 0 Å². The average molecular weight is 244 g/mol. The molecular formula is C4H6O8P2+2. The summed E-state index contributed by atoms with van der Waals surface area (Å²) in [5.41, 5.74) is 0. The minimum atomic E-state index is -3.05. The van der Waals surface area contributed by atoms with Gasteiger partial charge in [0.1, 0.15) is 0 Å². The molecule has 2 atom stereocenters. The smallest absolute Gasteiger partial charge is 0.247 e. The molecule has 14 heavy (non-hydrogen) atoms. The minimum Gasteiger partial charge on any atom is -0.247 e. The summed E-state index contributed by atoms with van der Waals surface area (Å²) in [5, 5.41) is 0. The Morgan fingerprint density at radius 3 is 1.43 bits per heavy atom. The summed E-state index contributed by atoms with van der Waals surface area (Å²) < 4.78 is 27.4. The van der Waals surface area contributed by atoms with E-state index in [-0.39, 0.29) is 0 Å². The van der Waals surface area contributed by atoms with Crippen molar-refractivity contribution in [2.45, 2.75) is 12.8 Å². The number of rotatable bonds is 5. The van der Waals surface area contributed by atoms with E-state index in [1.54, 1.807) is 0 Å². The molecule has 2 unspecified atom stereocenters. The standard InChI is InChI=1S/C4H4O8P2/c5-3(11-13(7)8)1-2-4(6)12-14(9)10/h1-2H2/p+2. The van der Waals surface area contributed by atoms with Gasteiger partial charge in [-0.15, -0.1) is 9.79 Å². The molecule has 0 spiro atoms. The monoisotopic (exact) mass is 244 g/mol. The Labute approximate surface area is 79.7 Å². The van der Waals surface area contributed by atoms with Crippen molar-refractivity contribution in [3.63, 3.8) is 0 Å². The SMILES string of the molecule is O=C(CCC(=O)O[P+](=O)O)O[P+](=O)O. The first-order valence-electron chi connectivity index (χ1n) is 3.15. The highest BCUT2D eigenvalue weighted by atomic mass is 31.1. The Kier molecular flexibility index (Phi) is 6.07. The van der Waals surface area contributed by atoms with E-state index in [1.165, 1.54) is 0 Å². The molecule has 0 aliphatic carbocycles. The normalized spacial score (nSPS) is 11.6. The van der Waals surface area contributed by atoms with Crippen molar-refractivity contribution in [3.05, 3.63) is 0 Å². The predicted octanol–water partition coefficient (Wildman–Crippen LogP) is 0.152. The van der Waals surface area contributed by atoms with Crippen LogP contribution in [-0.4, -0.2) is 21.7 Å². The summed E-state index contributed by atoms with van der Waals surface area (Å²) in [5.74, 6) is -2.14. The zero-order valence-electron chi connectivity index (χ0n) is 6.65. The molecule has 0 aliphatic rings. The van der Waals surface area contributed by atoms with Gasteiger partial charge in [0.25, 0.3) is 0 Å². The van der Waals surface area contributed by atoms with Crippen LogP contribution in [0.2, 0.25) is 0 Å². The minimum absolute atomic E-state index is 0.496. The Bertz CT molecular complexity index is 245. The van der Waals surface area contributed by atoms with Crippen LogP contribution in [0.5, 0.6) is 0 Å². The summed E-state index contributed by atoms with van der Waals surface area (Å²) in [6, 6.07) is 0. The fourth-order valence-corrected chi connectivity index (χ4v) is 1.00. The van der Waals surface area contributed by atoms with Crippen molar-refractivity contribution < 1.29 is 37.6 Å². The maximum Gasteiger partial charge on any atom is 0.750 e. The van der Waals surface area contributed by atoms with E-state index in [4.69, 9.17) is 9.79 Å². The Hall–Kier alpha value is -0.940. The summed E-state index contributed by atoms with van der Waals surface area (Å²) in [6.45, 7) is 0. The number of carbonyl (C=O) groups excluding carboxylic acids is 2. The summed E-state index contributed by atoms with van der Waals surface area (Å²) >= 11 is 0. The Morgan fingerprint density at radius 2 is 1.21 bits per heavy atom. The van der Waals surface area contributed by atoms with Gasteiger partial charge in [0.2, 0.25) is 0 Å². The first kappa shape index (κ1) is 13.1. The quantitative estimate of drug-likeness (QED) is 0.654. The maximum absolute atomic E-state index is 10.5. The lowest BCUT2D eigenvalue weighted by Gasteiger charge is -1.88. The summed E-state index contributed by atoms with van der Waals surface area (Å²) in [7, 11) is -6.09. The van der Waals surface area contributed by atoms with Gasteiger partial charge in [-0.25, -0.2) is 9.59 Å². The third-order valence-corrected chi connectivity index (χ3v) is 1.61. The molecule has 0 aromatic rings. The maximum atomic E-state index is 10.5. The molecule has 0 heterocycles. The number of hydrogen-bond donors (Lipinski definition) is 2. The topological polar surface area (TPSA) is 127 Å². The van der Waals surface area contributed by atoms with Gasteiger partial charge in [-0.2, -0.15) is 9.05 Å². The lowest BCUT2D eigenvalue weighted by Crippen LogP contribution is -2.05. The summed E-state index contributed by atoms with van der Waals surface area (Å²) in [6.07, 6.45) is -0.993. The van der Waals surface area contributed by atoms with Crippen molar-refractivity contribution >= 4 is 28.4 Å². The molecule has 0 saturated carbocycles. The molecule has 0 aromatic carbocycles. The fraction of sp³-hybridized carbons (Fsp3) is 0.500. The Balaban J connectivity index is 3.72. The molecule has 0 radical (unpaired) electrons. The molecule has 0 fully saturated rings. The van der Waals surface area contributed by atoms with Crippen LogP contribution in [0.25, 0.3) is 0 Å². The molecule has 8 nitrogen and oxygen atoms in total. The van der Waals surface area contributed by atoms with Gasteiger partial charge >= 0.3 is 28.4 Å². The zero-order valence-corrected chi connectivity index (χ0v) is 8.44. The molecule has 0 amide bonds. The van der Waals surface area contributed by atoms with E-state index in [1.807, 2.05) is 0 Å². The molecule has 0 aromatic heterocycles. The zero-order chi connectivity index (χ0) is 11.1. The van der Waals surface area contributed by atoms with Crippen LogP contribution in [0.4, 0.5) is 0 Å². The van der Waals surface area contributed by atoms with Gasteiger partial charge in [-0.1, -0.05) is 0 Å². The summed E-state index contributed by atoms with van der Waals surface area (Å²) in [4.78, 5) is 37.3. The van der Waals surface area contributed by atoms with Crippen molar-refractivity contribution in [2.75, 3.05) is 0 Å². The average Bonchev–Trinajstić information content (AvgIpc) is 1.98. The van der Waals surface area contributed by atoms with E-state index < -0.39 is 41.3 Å². The molecular weight excluding hydrogens is 238 g/mol. The van der Waals surface area contributed by atoms with Crippen LogP contribution < -0.4 is 0 Å². The van der Waals surface area contributed by atoms with Gasteiger partial charge in [0.15, 0.2) is 0 Å². The highest BCUT2D eigenvalue weighted by Gasteiger charge is 2.24. The highest BCUT2D eigenvalue weighted by Crippen LogP contribution is 2.18. The van der Waals surface area contributed by atoms with Gasteiger partial charge in [0.05, 0.1) is 12.8 Å². The number of carbonyl (C=O) groups is 2. The van der Waals surface area contributed by atoms with E-state index in [9.17, 15) is 18.7 Å². The van der Waals surface area contributed by atoms with Crippen LogP contribution >= 0.6 is 16.5 Å². The van der Waals surface area contributed by atoms with Crippen LogP contribution in [-0.2, 0) is 27.8 Å². The van der Waals surface area contributed by atoms with Gasteiger partial charge in [-0.05, 0) is 0 Å². The van der Waals surface area contributed by atoms with Crippen LogP contribution in [0.1, 0.15) is 12.8 Å². The van der Waals surface area contributed by atoms with Gasteiger partial charge in [-0.3, -0.25) is 0 Å². The van der Waals surface area contributed by atoms with E-state index >= 15 is 0 Å². The third kappa shape index (κ3) is 7.70. The molecule has 0 aliphatic heterocycles. The lowest BCUT2D eigenvalue weighted by molar-refractivity contribution is -0.140. The van der Waals surface area contributed by atoms with Gasteiger partial charge < -0.3 is 0 Å². The highest BCUT2D eigenvalue weighted by molar-refractivity contribution is 7.33. The molecule has 0 saturated heterocycles. The van der Waals surface area contributed by atoms with Crippen molar-refractivity contribution in [1.82, 2.24) is 0 Å². The molecule has 0 bridgehead atoms. The molecule has 10 heteroatoms. The predicted molar refractivity (Wildman–Crippen MR) is 41.1 cm³/mol. The second-order valence-electron chi connectivity index (χ2n) is 1.90. The molecule has 2 N–H and O–H groups in total. The lowest BCUT2D eigenvalue weighted by atomic mass is 10.3. The molecule has 78 valence electrons.